The van der Waals surface area contributed by atoms with E-state index in [1.807, 2.05) is 21.1 Å². The molecule has 0 heterocycles. The number of rotatable bonds is 68. The quantitative estimate of drug-likeness (QED) is 0.0211. The summed E-state index contributed by atoms with van der Waals surface area (Å²) < 4.78 is 34.7. The first kappa shape index (κ1) is 92.3. The molecule has 9 nitrogen and oxygen atoms in total. The lowest BCUT2D eigenvalue weighted by Crippen LogP contribution is -2.37. The Balaban J connectivity index is 4.16. The summed E-state index contributed by atoms with van der Waals surface area (Å²) in [5, 5.41) is 0. The summed E-state index contributed by atoms with van der Waals surface area (Å²) in [4.78, 5) is 35.9. The minimum atomic E-state index is -4.42. The molecule has 0 amide bonds. The highest BCUT2D eigenvalue weighted by atomic mass is 31.2. The molecule has 98 heavy (non-hydrogen) atoms. The highest BCUT2D eigenvalue weighted by Crippen LogP contribution is 2.43. The number of quaternary nitrogens is 1. The second kappa shape index (κ2) is 75.5. The molecule has 0 saturated heterocycles. The minimum Gasteiger partial charge on any atom is -0.462 e. The monoisotopic (exact) mass is 1370 g/mol. The molecule has 1 N–H and O–H groups in total. The average Bonchev–Trinajstić information content (AvgIpc) is 1.23. The van der Waals surface area contributed by atoms with Crippen molar-refractivity contribution in [2.24, 2.45) is 0 Å². The van der Waals surface area contributed by atoms with E-state index in [-0.39, 0.29) is 32.0 Å². The lowest BCUT2D eigenvalue weighted by molar-refractivity contribution is -0.870. The smallest absolute Gasteiger partial charge is 0.462 e. The van der Waals surface area contributed by atoms with Crippen LogP contribution in [0.25, 0.3) is 0 Å². The fourth-order valence-corrected chi connectivity index (χ4v) is 10.4. The van der Waals surface area contributed by atoms with Crippen LogP contribution in [-0.4, -0.2) is 74.9 Å². The molecule has 2 unspecified atom stereocenters. The van der Waals surface area contributed by atoms with Gasteiger partial charge in [-0.05, 0) is 154 Å². The highest BCUT2D eigenvalue weighted by Gasteiger charge is 2.27. The van der Waals surface area contributed by atoms with E-state index in [2.05, 4.69) is 233 Å². The zero-order valence-corrected chi connectivity index (χ0v) is 63.6. The molecule has 0 spiro atoms. The normalized spacial score (nSPS) is 14.3. The predicted octanol–water partition coefficient (Wildman–Crippen LogP) is 25.9. The van der Waals surface area contributed by atoms with Crippen molar-refractivity contribution in [1.82, 2.24) is 0 Å². The van der Waals surface area contributed by atoms with Crippen molar-refractivity contribution >= 4 is 19.8 Å². The molecule has 0 aliphatic rings. The van der Waals surface area contributed by atoms with Crippen LogP contribution in [0.15, 0.2) is 219 Å². The number of hydrogen-bond acceptors (Lipinski definition) is 7. The molecule has 0 rings (SSSR count). The first-order valence-corrected chi connectivity index (χ1v) is 40.0. The van der Waals surface area contributed by atoms with Gasteiger partial charge >= 0.3 is 19.8 Å². The van der Waals surface area contributed by atoms with Gasteiger partial charge in [0.2, 0.25) is 0 Å². The van der Waals surface area contributed by atoms with Crippen molar-refractivity contribution in [1.29, 1.82) is 0 Å². The Labute approximate surface area is 601 Å². The maximum atomic E-state index is 12.9. The maximum absolute atomic E-state index is 12.9. The molecule has 0 bridgehead atoms. The Hall–Kier alpha value is -5.67. The average molecular weight is 1370 g/mol. The summed E-state index contributed by atoms with van der Waals surface area (Å²) in [5.74, 6) is -0.860. The Kier molecular flexibility index (Phi) is 71.2. The number of esters is 2. The maximum Gasteiger partial charge on any atom is 0.472 e. The molecule has 0 aromatic heterocycles. The van der Waals surface area contributed by atoms with Crippen LogP contribution in [0.4, 0.5) is 0 Å². The van der Waals surface area contributed by atoms with Gasteiger partial charge < -0.3 is 18.9 Å². The molecule has 0 fully saturated rings. The van der Waals surface area contributed by atoms with Crippen molar-refractivity contribution in [3.8, 4) is 0 Å². The van der Waals surface area contributed by atoms with E-state index >= 15 is 0 Å². The summed E-state index contributed by atoms with van der Waals surface area (Å²) in [6.07, 6.45) is 121. The third-order valence-electron chi connectivity index (χ3n) is 15.5. The van der Waals surface area contributed by atoms with Gasteiger partial charge in [0, 0.05) is 12.8 Å². The lowest BCUT2D eigenvalue weighted by atomic mass is 10.0. The number of carbonyl (C=O) groups is 2. The third kappa shape index (κ3) is 79.3. The number of unbranched alkanes of at least 4 members (excludes halogenated alkanes) is 18. The van der Waals surface area contributed by atoms with Gasteiger partial charge in [0.05, 0.1) is 27.7 Å². The van der Waals surface area contributed by atoms with Gasteiger partial charge in [0.25, 0.3) is 0 Å². The first-order chi connectivity index (χ1) is 48.0. The van der Waals surface area contributed by atoms with Crippen LogP contribution >= 0.6 is 7.82 Å². The Morgan fingerprint density at radius 1 is 0.316 bits per heavy atom. The molecule has 0 radical (unpaired) electrons. The fourth-order valence-electron chi connectivity index (χ4n) is 9.71. The number of phosphoric acid groups is 1. The van der Waals surface area contributed by atoms with Gasteiger partial charge in [-0.3, -0.25) is 18.6 Å². The summed E-state index contributed by atoms with van der Waals surface area (Å²) in [6.45, 7) is 4.14. The summed E-state index contributed by atoms with van der Waals surface area (Å²) in [5.41, 5.74) is 0. The summed E-state index contributed by atoms with van der Waals surface area (Å²) in [7, 11) is 1.42. The van der Waals surface area contributed by atoms with Crippen molar-refractivity contribution in [2.45, 2.75) is 277 Å². The van der Waals surface area contributed by atoms with E-state index in [1.165, 1.54) is 89.9 Å². The van der Waals surface area contributed by atoms with Crippen molar-refractivity contribution < 1.29 is 42.1 Å². The Bertz CT molecular complexity index is 2460. The van der Waals surface area contributed by atoms with Crippen LogP contribution in [0.1, 0.15) is 271 Å². The summed E-state index contributed by atoms with van der Waals surface area (Å²) >= 11 is 0. The number of carbonyl (C=O) groups excluding carboxylic acids is 2. The van der Waals surface area contributed by atoms with Crippen molar-refractivity contribution in [2.75, 3.05) is 47.5 Å². The predicted molar refractivity (Wildman–Crippen MR) is 426 cm³/mol. The first-order valence-electron chi connectivity index (χ1n) is 38.5. The van der Waals surface area contributed by atoms with Crippen LogP contribution < -0.4 is 0 Å². The van der Waals surface area contributed by atoms with Gasteiger partial charge in [-0.1, -0.05) is 322 Å². The zero-order chi connectivity index (χ0) is 71.1. The van der Waals surface area contributed by atoms with Gasteiger partial charge in [-0.15, -0.1) is 0 Å². The standard InChI is InChI=1S/C88H140NO8P/c1-6-8-10-12-14-16-18-20-22-24-26-28-30-32-34-36-38-40-42-43-44-45-47-49-51-53-55-57-59-61-63-65-67-69-71-73-75-77-79-81-88(91)97-86(85-96-98(92,93)95-83-82-89(3,4)5)84-94-87(90)80-78-76-74-72-70-68-66-64-62-60-58-56-54-52-50-48-46-41-39-37-35-33-31-29-27-25-23-21-19-17-15-13-11-9-7-2/h8-11,14-17,20-23,26-29,32-35,38-41,43-44,47,49,53,55,59,61,65,67,71,73,86H,6-7,12-13,18-19,24-25,30-31,36-37,42,45-46,48,50-52,54,56-58,60,62-64,66,68-70,72,74-85H2,1-5H3/p+1/b10-8-,11-9-,16-14-,17-15-,22-20-,23-21-,28-26-,29-27-,34-32-,35-33-,40-38-,41-39-,44-43-,49-47-,55-53-,61-59-,67-65-,73-71-. The fraction of sp³-hybridized carbons (Fsp3) is 0.568. The van der Waals surface area contributed by atoms with E-state index in [0.29, 0.717) is 17.4 Å². The lowest BCUT2D eigenvalue weighted by Gasteiger charge is -2.24. The second-order valence-corrected chi connectivity index (χ2v) is 27.4. The SMILES string of the molecule is CC/C=C\C/C=C\C/C=C\C/C=C\C/C=C\C/C=C\C/C=C\C/C=C\C/C=C\C/C=C\C/C=C\C/C=C\CCCCC(=O)OC(COC(=O)CCCCCCCCCCCCCCCCCC/C=C\C/C=C\C/C=C\C/C=C\C/C=C\C/C=C\CC)COP(=O)(O)OCC[N+](C)(C)C. The number of phosphoric ester groups is 1. The number of hydrogen-bond donors (Lipinski definition) is 1. The molecule has 0 aliphatic carbocycles. The van der Waals surface area contributed by atoms with Crippen molar-refractivity contribution in [3.63, 3.8) is 0 Å². The number of allylic oxidation sites excluding steroid dienone is 36. The second-order valence-electron chi connectivity index (χ2n) is 25.9. The van der Waals surface area contributed by atoms with Gasteiger partial charge in [0.15, 0.2) is 6.10 Å². The van der Waals surface area contributed by atoms with Crippen LogP contribution in [0.2, 0.25) is 0 Å². The topological polar surface area (TPSA) is 108 Å². The molecule has 2 atom stereocenters. The Morgan fingerprint density at radius 2 is 0.551 bits per heavy atom. The molecule has 0 aliphatic heterocycles. The van der Waals surface area contributed by atoms with Crippen LogP contribution in [-0.2, 0) is 32.7 Å². The van der Waals surface area contributed by atoms with E-state index in [4.69, 9.17) is 18.5 Å². The van der Waals surface area contributed by atoms with Crippen LogP contribution in [0.3, 0.4) is 0 Å². The molecule has 0 aromatic carbocycles. The molecule has 0 saturated carbocycles. The Morgan fingerprint density at radius 3 is 0.837 bits per heavy atom. The molecule has 0 aromatic rings. The molecular weight excluding hydrogens is 1230 g/mol. The number of nitrogens with zero attached hydrogens (tertiary/aromatic N) is 1. The van der Waals surface area contributed by atoms with Crippen LogP contribution in [0, 0.1) is 0 Å². The summed E-state index contributed by atoms with van der Waals surface area (Å²) in [6, 6.07) is 0. The minimum absolute atomic E-state index is 0.0123. The van der Waals surface area contributed by atoms with Gasteiger partial charge in [0.1, 0.15) is 19.8 Å². The molecular formula is C88H141NO8P+. The number of likely N-dealkylation sites (N-methyl/N-ethyl adjacent to an activating group) is 1. The van der Waals surface area contributed by atoms with E-state index < -0.39 is 26.5 Å². The largest absolute Gasteiger partial charge is 0.472 e. The van der Waals surface area contributed by atoms with Gasteiger partial charge in [-0.25, -0.2) is 4.57 Å². The van der Waals surface area contributed by atoms with Gasteiger partial charge in [-0.2, -0.15) is 0 Å². The van der Waals surface area contributed by atoms with E-state index in [1.54, 1.807) is 0 Å². The van der Waals surface area contributed by atoms with Crippen LogP contribution in [0.5, 0.6) is 0 Å². The highest BCUT2D eigenvalue weighted by molar-refractivity contribution is 7.47. The molecule has 550 valence electrons. The third-order valence-corrected chi connectivity index (χ3v) is 16.5. The van der Waals surface area contributed by atoms with E-state index in [9.17, 15) is 19.0 Å². The number of ether oxygens (including phenoxy) is 2. The zero-order valence-electron chi connectivity index (χ0n) is 62.7. The van der Waals surface area contributed by atoms with Crippen molar-refractivity contribution in [3.05, 3.63) is 219 Å². The van der Waals surface area contributed by atoms with E-state index in [0.717, 1.165) is 148 Å². The molecule has 10 heteroatoms.